The van der Waals surface area contributed by atoms with Crippen molar-refractivity contribution in [2.45, 2.75) is 26.1 Å². The van der Waals surface area contributed by atoms with Crippen molar-refractivity contribution in [1.82, 2.24) is 14.7 Å². The van der Waals surface area contributed by atoms with Crippen molar-refractivity contribution in [3.63, 3.8) is 0 Å². The maximum atomic E-state index is 12.9. The van der Waals surface area contributed by atoms with E-state index in [1.165, 1.54) is 4.88 Å². The molecule has 3 heterocycles. The second kappa shape index (κ2) is 9.15. The minimum Gasteiger partial charge on any atom is -0.497 e. The third-order valence-electron chi connectivity index (χ3n) is 5.56. The molecule has 1 fully saturated rings. The first-order valence-corrected chi connectivity index (χ1v) is 11.1. The number of methoxy groups -OCH3 is 1. The third kappa shape index (κ3) is 5.10. The Balaban J connectivity index is 1.32. The largest absolute Gasteiger partial charge is 0.497 e. The van der Waals surface area contributed by atoms with Gasteiger partial charge in [-0.3, -0.25) is 14.6 Å². The van der Waals surface area contributed by atoms with Crippen LogP contribution in [0.25, 0.3) is 0 Å². The molecule has 0 radical (unpaired) electrons. The maximum Gasteiger partial charge on any atom is 0.236 e. The van der Waals surface area contributed by atoms with Gasteiger partial charge in [-0.15, -0.1) is 11.3 Å². The first-order valence-electron chi connectivity index (χ1n) is 10.2. The zero-order chi connectivity index (χ0) is 20.2. The Morgan fingerprint density at radius 1 is 1.21 bits per heavy atom. The van der Waals surface area contributed by atoms with E-state index in [1.807, 2.05) is 23.1 Å². The highest BCUT2D eigenvalue weighted by molar-refractivity contribution is 7.09. The summed E-state index contributed by atoms with van der Waals surface area (Å²) in [5.41, 5.74) is 1.10. The molecule has 2 aliphatic heterocycles. The van der Waals surface area contributed by atoms with Crippen LogP contribution in [0, 0.1) is 0 Å². The fraction of sp³-hybridized carbons (Fsp3) is 0.500. The number of carbonyl (C=O) groups excluding carboxylic acids is 1. The van der Waals surface area contributed by atoms with Crippen molar-refractivity contribution in [3.05, 3.63) is 46.2 Å². The highest BCUT2D eigenvalue weighted by Crippen LogP contribution is 2.29. The van der Waals surface area contributed by atoms with Gasteiger partial charge in [0, 0.05) is 62.3 Å². The maximum absolute atomic E-state index is 12.9. The average Bonchev–Trinajstić information content (AvgIpc) is 3.16. The van der Waals surface area contributed by atoms with Crippen LogP contribution in [0.2, 0.25) is 0 Å². The van der Waals surface area contributed by atoms with Crippen LogP contribution in [0.5, 0.6) is 11.5 Å². The van der Waals surface area contributed by atoms with Crippen LogP contribution in [0.3, 0.4) is 0 Å². The zero-order valence-electron chi connectivity index (χ0n) is 17.2. The molecule has 0 N–H and O–H groups in total. The normalized spacial score (nSPS) is 20.6. The molecule has 6 nitrogen and oxygen atoms in total. The van der Waals surface area contributed by atoms with Gasteiger partial charge in [0.2, 0.25) is 5.91 Å². The van der Waals surface area contributed by atoms with E-state index in [0.717, 1.165) is 56.3 Å². The SMILES string of the molecule is COc1ccc2c(c1)O[C@@H](C)CN(CC(=O)N1CCN(Cc3cccs3)CC1)C2. The lowest BCUT2D eigenvalue weighted by Crippen LogP contribution is -2.51. The van der Waals surface area contributed by atoms with Crippen LogP contribution in [-0.4, -0.2) is 73.1 Å². The number of hydrogen-bond acceptors (Lipinski definition) is 6. The molecule has 1 saturated heterocycles. The van der Waals surface area contributed by atoms with Crippen LogP contribution in [-0.2, 0) is 17.9 Å². The summed E-state index contributed by atoms with van der Waals surface area (Å²) in [7, 11) is 1.66. The van der Waals surface area contributed by atoms with Crippen molar-refractivity contribution in [3.8, 4) is 11.5 Å². The van der Waals surface area contributed by atoms with Crippen molar-refractivity contribution in [2.24, 2.45) is 0 Å². The number of piperazine rings is 1. The minimum absolute atomic E-state index is 0.0267. The molecule has 0 unspecified atom stereocenters. The molecule has 7 heteroatoms. The Kier molecular flexibility index (Phi) is 6.37. The molecule has 156 valence electrons. The predicted molar refractivity (Wildman–Crippen MR) is 115 cm³/mol. The van der Waals surface area contributed by atoms with Gasteiger partial charge in [-0.05, 0) is 24.4 Å². The zero-order valence-corrected chi connectivity index (χ0v) is 18.0. The molecular weight excluding hydrogens is 386 g/mol. The molecule has 0 bridgehead atoms. The number of fused-ring (bicyclic) bond motifs is 1. The van der Waals surface area contributed by atoms with Gasteiger partial charge in [-0.1, -0.05) is 12.1 Å². The second-order valence-corrected chi connectivity index (χ2v) is 8.84. The van der Waals surface area contributed by atoms with Crippen molar-refractivity contribution in [2.75, 3.05) is 46.4 Å². The van der Waals surface area contributed by atoms with Crippen LogP contribution in [0.15, 0.2) is 35.7 Å². The lowest BCUT2D eigenvalue weighted by atomic mass is 10.2. The average molecular weight is 416 g/mol. The van der Waals surface area contributed by atoms with Crippen molar-refractivity contribution < 1.29 is 14.3 Å². The van der Waals surface area contributed by atoms with E-state index in [2.05, 4.69) is 34.2 Å². The molecule has 1 aromatic heterocycles. The molecule has 0 saturated carbocycles. The molecule has 0 aliphatic carbocycles. The van der Waals surface area contributed by atoms with Crippen LogP contribution < -0.4 is 9.47 Å². The van der Waals surface area contributed by atoms with E-state index in [-0.39, 0.29) is 12.0 Å². The monoisotopic (exact) mass is 415 g/mol. The minimum atomic E-state index is 0.0267. The highest BCUT2D eigenvalue weighted by atomic mass is 32.1. The number of amides is 1. The van der Waals surface area contributed by atoms with Gasteiger partial charge < -0.3 is 14.4 Å². The molecule has 0 spiro atoms. The molecule has 4 rings (SSSR count). The Bertz CT molecular complexity index is 819. The van der Waals surface area contributed by atoms with Gasteiger partial charge in [0.15, 0.2) is 0 Å². The predicted octanol–water partition coefficient (Wildman–Crippen LogP) is 2.68. The van der Waals surface area contributed by atoms with E-state index in [1.54, 1.807) is 18.4 Å². The summed E-state index contributed by atoms with van der Waals surface area (Å²) in [5, 5.41) is 2.12. The summed E-state index contributed by atoms with van der Waals surface area (Å²) in [6.45, 7) is 8.41. The van der Waals surface area contributed by atoms with E-state index in [9.17, 15) is 4.79 Å². The van der Waals surface area contributed by atoms with E-state index in [0.29, 0.717) is 13.1 Å². The summed E-state index contributed by atoms with van der Waals surface area (Å²) >= 11 is 1.80. The van der Waals surface area contributed by atoms with Gasteiger partial charge >= 0.3 is 0 Å². The number of hydrogen-bond donors (Lipinski definition) is 0. The van der Waals surface area contributed by atoms with Crippen molar-refractivity contribution >= 4 is 17.2 Å². The van der Waals surface area contributed by atoms with Crippen LogP contribution in [0.4, 0.5) is 0 Å². The standard InChI is InChI=1S/C22H29N3O3S/c1-17-13-24(14-18-5-6-19(27-2)12-21(18)28-17)16-22(26)25-9-7-23(8-10-25)15-20-4-3-11-29-20/h3-6,11-12,17H,7-10,13-16H2,1-2H3/t17-/m0/s1. The van der Waals surface area contributed by atoms with E-state index < -0.39 is 0 Å². The summed E-state index contributed by atoms with van der Waals surface area (Å²) in [4.78, 5) is 21.0. The summed E-state index contributed by atoms with van der Waals surface area (Å²) in [6, 6.07) is 10.2. The lowest BCUT2D eigenvalue weighted by molar-refractivity contribution is -0.134. The van der Waals surface area contributed by atoms with Gasteiger partial charge in [-0.2, -0.15) is 0 Å². The Hall–Kier alpha value is -2.09. The molecule has 2 aliphatic rings. The van der Waals surface area contributed by atoms with Crippen molar-refractivity contribution in [1.29, 1.82) is 0 Å². The summed E-state index contributed by atoms with van der Waals surface area (Å²) in [6.07, 6.45) is 0.0267. The number of carbonyl (C=O) groups is 1. The van der Waals surface area contributed by atoms with Crippen LogP contribution in [0.1, 0.15) is 17.4 Å². The lowest BCUT2D eigenvalue weighted by Gasteiger charge is -2.35. The topological polar surface area (TPSA) is 45.3 Å². The third-order valence-corrected chi connectivity index (χ3v) is 6.42. The van der Waals surface area contributed by atoms with Crippen LogP contribution >= 0.6 is 11.3 Å². The molecule has 2 aromatic rings. The summed E-state index contributed by atoms with van der Waals surface area (Å²) in [5.74, 6) is 1.86. The first kappa shape index (κ1) is 20.2. The second-order valence-electron chi connectivity index (χ2n) is 7.81. The number of benzene rings is 1. The first-order chi connectivity index (χ1) is 14.1. The fourth-order valence-corrected chi connectivity index (χ4v) is 4.76. The highest BCUT2D eigenvalue weighted by Gasteiger charge is 2.26. The smallest absolute Gasteiger partial charge is 0.236 e. The van der Waals surface area contributed by atoms with E-state index >= 15 is 0 Å². The molecular formula is C22H29N3O3S. The quantitative estimate of drug-likeness (QED) is 0.751. The van der Waals surface area contributed by atoms with Gasteiger partial charge in [0.05, 0.1) is 13.7 Å². The van der Waals surface area contributed by atoms with E-state index in [4.69, 9.17) is 9.47 Å². The number of ether oxygens (including phenoxy) is 2. The Labute approximate surface area is 176 Å². The molecule has 29 heavy (non-hydrogen) atoms. The molecule has 1 atom stereocenters. The van der Waals surface area contributed by atoms with Gasteiger partial charge in [0.25, 0.3) is 0 Å². The fourth-order valence-electron chi connectivity index (χ4n) is 4.02. The Morgan fingerprint density at radius 3 is 2.76 bits per heavy atom. The Morgan fingerprint density at radius 2 is 2.03 bits per heavy atom. The summed E-state index contributed by atoms with van der Waals surface area (Å²) < 4.78 is 11.4. The molecule has 1 aromatic carbocycles. The number of nitrogens with zero attached hydrogens (tertiary/aromatic N) is 3. The van der Waals surface area contributed by atoms with Gasteiger partial charge in [0.1, 0.15) is 17.6 Å². The molecule has 1 amide bonds. The van der Waals surface area contributed by atoms with Gasteiger partial charge in [-0.25, -0.2) is 0 Å². The number of thiophene rings is 1. The number of rotatable bonds is 5.